The summed E-state index contributed by atoms with van der Waals surface area (Å²) >= 11 is 12.9. The first-order valence-corrected chi connectivity index (χ1v) is 7.93. The first-order valence-electron chi connectivity index (χ1n) is 6.29. The van der Waals surface area contributed by atoms with E-state index in [4.69, 9.17) is 23.2 Å². The average molecular weight is 327 g/mol. The van der Waals surface area contributed by atoms with E-state index < -0.39 is 0 Å². The molecule has 0 unspecified atom stereocenters. The fourth-order valence-electron chi connectivity index (χ4n) is 2.36. The number of aromatic nitrogens is 1. The maximum absolute atomic E-state index is 11.9. The van der Waals surface area contributed by atoms with Crippen LogP contribution in [0.1, 0.15) is 34.8 Å². The molecule has 1 aliphatic rings. The van der Waals surface area contributed by atoms with Gasteiger partial charge in [-0.1, -0.05) is 35.3 Å². The van der Waals surface area contributed by atoms with Gasteiger partial charge in [-0.15, -0.1) is 11.3 Å². The molecule has 104 valence electrons. The van der Waals surface area contributed by atoms with Gasteiger partial charge >= 0.3 is 0 Å². The number of rotatable bonds is 3. The zero-order chi connectivity index (χ0) is 14.1. The van der Waals surface area contributed by atoms with E-state index in [-0.39, 0.29) is 11.9 Å². The maximum Gasteiger partial charge on any atom is 0.271 e. The summed E-state index contributed by atoms with van der Waals surface area (Å²) in [5.41, 5.74) is 1.67. The van der Waals surface area contributed by atoms with Gasteiger partial charge in [0.15, 0.2) is 4.47 Å². The standard InChI is InChI=1S/C14H12Cl2N2OS/c15-10-3-1-8(2-4-10)9-5-11(6-9)17-13(19)12-7-20-14(16)18-12/h1-4,7,9,11H,5-6H2,(H,17,19). The molecule has 1 amide bonds. The van der Waals surface area contributed by atoms with Gasteiger partial charge in [-0.2, -0.15) is 0 Å². The predicted octanol–water partition coefficient (Wildman–Crippen LogP) is 4.13. The molecule has 0 aliphatic heterocycles. The minimum Gasteiger partial charge on any atom is -0.348 e. The Labute approximate surface area is 130 Å². The molecule has 1 N–H and O–H groups in total. The molecule has 1 aliphatic carbocycles. The Bertz CT molecular complexity index is 620. The van der Waals surface area contributed by atoms with Crippen molar-refractivity contribution in [2.45, 2.75) is 24.8 Å². The van der Waals surface area contributed by atoms with Crippen LogP contribution in [0.5, 0.6) is 0 Å². The molecule has 20 heavy (non-hydrogen) atoms. The summed E-state index contributed by atoms with van der Waals surface area (Å²) in [6.45, 7) is 0. The summed E-state index contributed by atoms with van der Waals surface area (Å²) < 4.78 is 0.391. The lowest BCUT2D eigenvalue weighted by atomic mass is 9.76. The fraction of sp³-hybridized carbons (Fsp3) is 0.286. The molecule has 3 rings (SSSR count). The van der Waals surface area contributed by atoms with Crippen LogP contribution in [0.25, 0.3) is 0 Å². The summed E-state index contributed by atoms with van der Waals surface area (Å²) in [4.78, 5) is 15.9. The lowest BCUT2D eigenvalue weighted by molar-refractivity contribution is 0.0904. The molecule has 1 heterocycles. The molecule has 1 aromatic heterocycles. The number of thiazole rings is 1. The van der Waals surface area contributed by atoms with Gasteiger partial charge in [-0.3, -0.25) is 4.79 Å². The first-order chi connectivity index (χ1) is 9.61. The van der Waals surface area contributed by atoms with Gasteiger partial charge in [0.1, 0.15) is 5.69 Å². The molecule has 0 bridgehead atoms. The third kappa shape index (κ3) is 2.97. The van der Waals surface area contributed by atoms with Gasteiger partial charge in [-0.25, -0.2) is 4.98 Å². The molecule has 1 saturated carbocycles. The number of halogens is 2. The second-order valence-corrected chi connectivity index (χ2v) is 6.75. The highest BCUT2D eigenvalue weighted by Crippen LogP contribution is 2.37. The van der Waals surface area contributed by atoms with Gasteiger partial charge in [-0.05, 0) is 36.5 Å². The highest BCUT2D eigenvalue weighted by molar-refractivity contribution is 7.14. The average Bonchev–Trinajstić information content (AvgIpc) is 2.81. The smallest absolute Gasteiger partial charge is 0.271 e. The number of nitrogens with zero attached hydrogens (tertiary/aromatic N) is 1. The Morgan fingerprint density at radius 3 is 2.55 bits per heavy atom. The maximum atomic E-state index is 11.9. The van der Waals surface area contributed by atoms with Crippen LogP contribution in [0.4, 0.5) is 0 Å². The number of hydrogen-bond donors (Lipinski definition) is 1. The van der Waals surface area contributed by atoms with Crippen LogP contribution >= 0.6 is 34.5 Å². The van der Waals surface area contributed by atoms with Crippen molar-refractivity contribution in [3.05, 3.63) is 50.4 Å². The van der Waals surface area contributed by atoms with Crippen LogP contribution in [0.2, 0.25) is 9.49 Å². The van der Waals surface area contributed by atoms with Crippen LogP contribution in [-0.2, 0) is 0 Å². The summed E-state index contributed by atoms with van der Waals surface area (Å²) in [7, 11) is 0. The Balaban J connectivity index is 1.53. The number of carbonyl (C=O) groups excluding carboxylic acids is 1. The molecule has 2 aromatic rings. The Morgan fingerprint density at radius 1 is 1.25 bits per heavy atom. The molecule has 0 atom stereocenters. The van der Waals surface area contributed by atoms with Crippen molar-refractivity contribution in [3.63, 3.8) is 0 Å². The van der Waals surface area contributed by atoms with Gasteiger partial charge in [0, 0.05) is 16.4 Å². The van der Waals surface area contributed by atoms with Crippen molar-refractivity contribution in [3.8, 4) is 0 Å². The van der Waals surface area contributed by atoms with Crippen molar-refractivity contribution in [2.75, 3.05) is 0 Å². The topological polar surface area (TPSA) is 42.0 Å². The molecule has 0 spiro atoms. The second kappa shape index (κ2) is 5.72. The Morgan fingerprint density at radius 2 is 1.95 bits per heavy atom. The lowest BCUT2D eigenvalue weighted by Crippen LogP contribution is -2.43. The normalized spacial score (nSPS) is 21.3. The van der Waals surface area contributed by atoms with Gasteiger partial charge in [0.2, 0.25) is 0 Å². The van der Waals surface area contributed by atoms with E-state index in [1.807, 2.05) is 24.3 Å². The molecule has 3 nitrogen and oxygen atoms in total. The second-order valence-electron chi connectivity index (χ2n) is 4.88. The highest BCUT2D eigenvalue weighted by atomic mass is 35.5. The molecule has 1 aromatic carbocycles. The van der Waals surface area contributed by atoms with E-state index in [1.165, 1.54) is 16.9 Å². The third-order valence-corrected chi connectivity index (χ3v) is 4.75. The van der Waals surface area contributed by atoms with Crippen molar-refractivity contribution in [1.82, 2.24) is 10.3 Å². The Kier molecular flexibility index (Phi) is 3.96. The predicted molar refractivity (Wildman–Crippen MR) is 81.8 cm³/mol. The first kappa shape index (κ1) is 13.9. The number of hydrogen-bond acceptors (Lipinski definition) is 3. The Hall–Kier alpha value is -1.10. The third-order valence-electron chi connectivity index (χ3n) is 3.52. The van der Waals surface area contributed by atoms with E-state index in [0.29, 0.717) is 16.1 Å². The molecule has 6 heteroatoms. The number of carbonyl (C=O) groups is 1. The summed E-state index contributed by atoms with van der Waals surface area (Å²) in [6.07, 6.45) is 1.90. The van der Waals surface area contributed by atoms with E-state index in [2.05, 4.69) is 10.3 Å². The molecular weight excluding hydrogens is 315 g/mol. The van der Waals surface area contributed by atoms with Crippen molar-refractivity contribution >= 4 is 40.4 Å². The van der Waals surface area contributed by atoms with Gasteiger partial charge < -0.3 is 5.32 Å². The zero-order valence-electron chi connectivity index (χ0n) is 10.5. The van der Waals surface area contributed by atoms with Crippen LogP contribution < -0.4 is 5.32 Å². The number of nitrogens with one attached hydrogen (secondary N) is 1. The van der Waals surface area contributed by atoms with Crippen molar-refractivity contribution in [2.24, 2.45) is 0 Å². The van der Waals surface area contributed by atoms with Crippen LogP contribution in [0.3, 0.4) is 0 Å². The number of amides is 1. The SMILES string of the molecule is O=C(NC1CC(c2ccc(Cl)cc2)C1)c1csc(Cl)n1. The van der Waals surface area contributed by atoms with Crippen LogP contribution in [-0.4, -0.2) is 16.9 Å². The van der Waals surface area contributed by atoms with Crippen LogP contribution in [0.15, 0.2) is 29.6 Å². The van der Waals surface area contributed by atoms with E-state index >= 15 is 0 Å². The quantitative estimate of drug-likeness (QED) is 0.921. The zero-order valence-corrected chi connectivity index (χ0v) is 12.8. The molecular formula is C14H12Cl2N2OS. The van der Waals surface area contributed by atoms with Crippen molar-refractivity contribution in [1.29, 1.82) is 0 Å². The fourth-order valence-corrected chi connectivity index (χ4v) is 3.23. The summed E-state index contributed by atoms with van der Waals surface area (Å²) in [5, 5.41) is 5.40. The van der Waals surface area contributed by atoms with E-state index in [1.54, 1.807) is 5.38 Å². The molecule has 0 radical (unpaired) electrons. The van der Waals surface area contributed by atoms with Crippen molar-refractivity contribution < 1.29 is 4.79 Å². The van der Waals surface area contributed by atoms with E-state index in [0.717, 1.165) is 17.9 Å². The monoisotopic (exact) mass is 326 g/mol. The highest BCUT2D eigenvalue weighted by Gasteiger charge is 2.31. The van der Waals surface area contributed by atoms with Gasteiger partial charge in [0.05, 0.1) is 0 Å². The molecule has 0 saturated heterocycles. The van der Waals surface area contributed by atoms with E-state index in [9.17, 15) is 4.79 Å². The largest absolute Gasteiger partial charge is 0.348 e. The number of benzene rings is 1. The van der Waals surface area contributed by atoms with Crippen LogP contribution in [0, 0.1) is 0 Å². The minimum absolute atomic E-state index is 0.146. The minimum atomic E-state index is -0.146. The molecule has 1 fully saturated rings. The van der Waals surface area contributed by atoms with Gasteiger partial charge in [0.25, 0.3) is 5.91 Å². The lowest BCUT2D eigenvalue weighted by Gasteiger charge is -2.36. The summed E-state index contributed by atoms with van der Waals surface area (Å²) in [6, 6.07) is 8.11. The summed E-state index contributed by atoms with van der Waals surface area (Å²) in [5.74, 6) is 0.351.